The molecule has 0 saturated carbocycles. The van der Waals surface area contributed by atoms with Crippen molar-refractivity contribution >= 4 is 17.8 Å². The van der Waals surface area contributed by atoms with Crippen LogP contribution in [-0.4, -0.2) is 17.9 Å². The van der Waals surface area contributed by atoms with Crippen LogP contribution >= 0.6 is 0 Å². The number of fused-ring (bicyclic) bond motifs is 2. The van der Waals surface area contributed by atoms with Crippen molar-refractivity contribution < 1.29 is 23.8 Å². The normalized spacial score (nSPS) is 17.7. The van der Waals surface area contributed by atoms with E-state index in [0.29, 0.717) is 22.6 Å². The predicted molar refractivity (Wildman–Crippen MR) is 120 cm³/mol. The minimum atomic E-state index is -0.458. The van der Waals surface area contributed by atoms with Crippen LogP contribution in [0.25, 0.3) is 6.08 Å². The Morgan fingerprint density at radius 2 is 1.78 bits per heavy atom. The summed E-state index contributed by atoms with van der Waals surface area (Å²) in [6.45, 7) is 3.77. The summed E-state index contributed by atoms with van der Waals surface area (Å²) >= 11 is 0. The molecule has 0 amide bonds. The lowest BCUT2D eigenvalue weighted by molar-refractivity contribution is 0.0733. The highest BCUT2D eigenvalue weighted by atomic mass is 16.5. The number of benzene rings is 3. The fourth-order valence-electron chi connectivity index (χ4n) is 3.77. The van der Waals surface area contributed by atoms with E-state index in [1.807, 2.05) is 56.3 Å². The van der Waals surface area contributed by atoms with E-state index < -0.39 is 5.97 Å². The smallest absolute Gasteiger partial charge is 0.343 e. The molecule has 2 heterocycles. The minimum Gasteiger partial charge on any atom is -0.485 e. The van der Waals surface area contributed by atoms with Gasteiger partial charge in [0, 0.05) is 11.6 Å². The first kappa shape index (κ1) is 19.8. The third-order valence-electron chi connectivity index (χ3n) is 5.53. The van der Waals surface area contributed by atoms with Crippen molar-refractivity contribution in [3.63, 3.8) is 0 Å². The Morgan fingerprint density at radius 3 is 2.62 bits per heavy atom. The summed E-state index contributed by atoms with van der Waals surface area (Å²) in [4.78, 5) is 25.4. The molecule has 2 aliphatic rings. The van der Waals surface area contributed by atoms with Gasteiger partial charge in [-0.1, -0.05) is 36.4 Å². The minimum absolute atomic E-state index is 0.212. The van der Waals surface area contributed by atoms with Gasteiger partial charge in [0.1, 0.15) is 23.4 Å². The van der Waals surface area contributed by atoms with E-state index in [1.54, 1.807) is 36.4 Å². The van der Waals surface area contributed by atoms with Gasteiger partial charge >= 0.3 is 5.97 Å². The number of ether oxygens (including phenoxy) is 3. The van der Waals surface area contributed by atoms with E-state index in [4.69, 9.17) is 14.2 Å². The third kappa shape index (κ3) is 3.58. The highest BCUT2D eigenvalue weighted by Gasteiger charge is 2.29. The molecular formula is C27H20O5. The van der Waals surface area contributed by atoms with Crippen molar-refractivity contribution in [3.8, 4) is 17.2 Å². The number of allylic oxidation sites excluding steroid dienone is 1. The first-order valence-corrected chi connectivity index (χ1v) is 10.3. The summed E-state index contributed by atoms with van der Waals surface area (Å²) in [5.41, 5.74) is 3.53. The Hall–Kier alpha value is -4.12. The summed E-state index contributed by atoms with van der Waals surface area (Å²) in [6.07, 6.45) is 3.48. The molecule has 5 rings (SSSR count). The molecule has 0 spiro atoms. The van der Waals surface area contributed by atoms with E-state index >= 15 is 0 Å². The van der Waals surface area contributed by atoms with Gasteiger partial charge in [-0.05, 0) is 61.4 Å². The Balaban J connectivity index is 1.39. The molecule has 0 unspecified atom stereocenters. The predicted octanol–water partition coefficient (Wildman–Crippen LogP) is 5.54. The number of Topliss-reactive ketones (excluding diaryl/α,β-unsaturated/α-hetero) is 1. The number of carbonyl (C=O) groups is 2. The number of para-hydroxylation sites is 1. The summed E-state index contributed by atoms with van der Waals surface area (Å²) in [7, 11) is 0. The van der Waals surface area contributed by atoms with Crippen LogP contribution in [0.2, 0.25) is 0 Å². The van der Waals surface area contributed by atoms with Crippen molar-refractivity contribution in [2.45, 2.75) is 20.0 Å². The van der Waals surface area contributed by atoms with Crippen molar-refractivity contribution in [3.05, 3.63) is 106 Å². The average Bonchev–Trinajstić information content (AvgIpc) is 3.09. The van der Waals surface area contributed by atoms with Crippen molar-refractivity contribution in [2.24, 2.45) is 0 Å². The molecule has 0 aromatic heterocycles. The summed E-state index contributed by atoms with van der Waals surface area (Å²) in [5.74, 6) is 1.02. The number of esters is 1. The van der Waals surface area contributed by atoms with Crippen LogP contribution in [0.3, 0.4) is 0 Å². The van der Waals surface area contributed by atoms with Gasteiger partial charge in [-0.3, -0.25) is 4.79 Å². The summed E-state index contributed by atoms with van der Waals surface area (Å²) < 4.78 is 17.3. The Labute approximate surface area is 185 Å². The molecule has 3 aromatic carbocycles. The quantitative estimate of drug-likeness (QED) is 0.314. The van der Waals surface area contributed by atoms with E-state index in [2.05, 4.69) is 0 Å². The monoisotopic (exact) mass is 424 g/mol. The highest BCUT2D eigenvalue weighted by molar-refractivity contribution is 6.12. The number of rotatable bonds is 3. The fraction of sp³-hybridized carbons (Fsp3) is 0.111. The molecule has 158 valence electrons. The molecule has 0 N–H and O–H groups in total. The number of hydrogen-bond donors (Lipinski definition) is 0. The molecular weight excluding hydrogens is 404 g/mol. The molecule has 0 aliphatic carbocycles. The zero-order valence-corrected chi connectivity index (χ0v) is 17.6. The number of ketones is 1. The van der Waals surface area contributed by atoms with E-state index in [-0.39, 0.29) is 17.6 Å². The molecule has 5 nitrogen and oxygen atoms in total. The van der Waals surface area contributed by atoms with Crippen LogP contribution in [0.5, 0.6) is 17.2 Å². The van der Waals surface area contributed by atoms with Gasteiger partial charge < -0.3 is 14.2 Å². The number of hydrogen-bond acceptors (Lipinski definition) is 5. The Kier molecular flexibility index (Phi) is 4.86. The highest BCUT2D eigenvalue weighted by Crippen LogP contribution is 2.36. The van der Waals surface area contributed by atoms with Gasteiger partial charge in [0.25, 0.3) is 0 Å². The SMILES string of the molecule is Cc1ccccc1C(=O)Oc1ccc2c(c1)OC(=CC1=Cc3ccccc3O[C@H]1C)C2=O. The Morgan fingerprint density at radius 1 is 1.00 bits per heavy atom. The lowest BCUT2D eigenvalue weighted by atomic mass is 10.0. The molecule has 32 heavy (non-hydrogen) atoms. The van der Waals surface area contributed by atoms with Gasteiger partial charge in [-0.15, -0.1) is 0 Å². The van der Waals surface area contributed by atoms with Crippen LogP contribution < -0.4 is 14.2 Å². The molecule has 5 heteroatoms. The Bertz CT molecular complexity index is 1320. The summed E-state index contributed by atoms with van der Waals surface area (Å²) in [6, 6.07) is 19.7. The van der Waals surface area contributed by atoms with Crippen molar-refractivity contribution in [1.29, 1.82) is 0 Å². The molecule has 2 aliphatic heterocycles. The van der Waals surface area contributed by atoms with Gasteiger partial charge in [-0.25, -0.2) is 4.79 Å². The lowest BCUT2D eigenvalue weighted by Crippen LogP contribution is -2.18. The van der Waals surface area contributed by atoms with Crippen LogP contribution in [0, 0.1) is 6.92 Å². The lowest BCUT2D eigenvalue weighted by Gasteiger charge is -2.22. The van der Waals surface area contributed by atoms with Crippen LogP contribution in [0.15, 0.2) is 84.1 Å². The van der Waals surface area contributed by atoms with Crippen LogP contribution in [-0.2, 0) is 0 Å². The summed E-state index contributed by atoms with van der Waals surface area (Å²) in [5, 5.41) is 0. The van der Waals surface area contributed by atoms with Gasteiger partial charge in [0.05, 0.1) is 11.1 Å². The number of aryl methyl sites for hydroxylation is 1. The standard InChI is InChI=1S/C27H20O5/c1-16-7-3-5-9-21(16)27(29)31-20-11-12-22-24(15-20)32-25(26(22)28)14-19-13-18-8-4-6-10-23(18)30-17(19)2/h3-15,17H,1-2H3/t17-/m0/s1. The van der Waals surface area contributed by atoms with Gasteiger partial charge in [-0.2, -0.15) is 0 Å². The zero-order valence-electron chi connectivity index (χ0n) is 17.6. The molecule has 0 saturated heterocycles. The molecule has 0 fully saturated rings. The second kappa shape index (κ2) is 7.85. The second-order valence-electron chi connectivity index (χ2n) is 7.74. The maximum Gasteiger partial charge on any atom is 0.343 e. The molecule has 1 atom stereocenters. The molecule has 0 radical (unpaired) electrons. The maximum absolute atomic E-state index is 12.9. The first-order chi connectivity index (χ1) is 15.5. The van der Waals surface area contributed by atoms with Gasteiger partial charge in [0.15, 0.2) is 5.76 Å². The fourth-order valence-corrected chi connectivity index (χ4v) is 3.77. The zero-order chi connectivity index (χ0) is 22.2. The van der Waals surface area contributed by atoms with E-state index in [1.165, 1.54) is 0 Å². The first-order valence-electron chi connectivity index (χ1n) is 10.3. The van der Waals surface area contributed by atoms with Crippen molar-refractivity contribution in [1.82, 2.24) is 0 Å². The maximum atomic E-state index is 12.9. The van der Waals surface area contributed by atoms with E-state index in [9.17, 15) is 9.59 Å². The topological polar surface area (TPSA) is 61.8 Å². The third-order valence-corrected chi connectivity index (χ3v) is 5.53. The largest absolute Gasteiger partial charge is 0.485 e. The van der Waals surface area contributed by atoms with Crippen LogP contribution in [0.4, 0.5) is 0 Å². The second-order valence-corrected chi connectivity index (χ2v) is 7.74. The van der Waals surface area contributed by atoms with Crippen molar-refractivity contribution in [2.75, 3.05) is 0 Å². The molecule has 0 bridgehead atoms. The number of carbonyl (C=O) groups excluding carboxylic acids is 2. The van der Waals surface area contributed by atoms with E-state index in [0.717, 1.165) is 22.4 Å². The van der Waals surface area contributed by atoms with Crippen LogP contribution in [0.1, 0.15) is 38.8 Å². The molecule has 3 aromatic rings. The average molecular weight is 424 g/mol. The van der Waals surface area contributed by atoms with Gasteiger partial charge in [0.2, 0.25) is 5.78 Å².